The number of hydrogen-bond donors (Lipinski definition) is 1. The second kappa shape index (κ2) is 7.08. The van der Waals surface area contributed by atoms with Crippen molar-refractivity contribution in [1.29, 1.82) is 0 Å². The van der Waals surface area contributed by atoms with Crippen LogP contribution in [0, 0.1) is 0 Å². The van der Waals surface area contributed by atoms with Gasteiger partial charge in [0.15, 0.2) is 11.5 Å². The number of benzene rings is 1. The number of rotatable bonds is 5. The first-order valence-electron chi connectivity index (χ1n) is 6.15. The van der Waals surface area contributed by atoms with Crippen LogP contribution in [0.5, 0.6) is 11.5 Å². The molecule has 1 rings (SSSR count). The molecule has 2 N–H and O–H groups in total. The monoisotopic (exact) mass is 317 g/mol. The maximum Gasteiger partial charge on any atom is 0.491 e. The summed E-state index contributed by atoms with van der Waals surface area (Å²) in [6.07, 6.45) is -3.33. The highest BCUT2D eigenvalue weighted by Crippen LogP contribution is 2.31. The predicted molar refractivity (Wildman–Crippen MR) is 71.3 cm³/mol. The zero-order chi connectivity index (χ0) is 16.9. The van der Waals surface area contributed by atoms with Gasteiger partial charge in [-0.15, -0.1) is 6.58 Å². The molecule has 0 aliphatic carbocycles. The van der Waals surface area contributed by atoms with Crippen LogP contribution in [0.1, 0.15) is 12.5 Å². The summed E-state index contributed by atoms with van der Waals surface area (Å²) in [5.74, 6) is -4.13. The fraction of sp³-hybridized carbons (Fsp3) is 0.286. The molecule has 0 amide bonds. The minimum atomic E-state index is -5.17. The Morgan fingerprint density at radius 3 is 2.45 bits per heavy atom. The number of hydrogen-bond acceptors (Lipinski definition) is 5. The van der Waals surface area contributed by atoms with E-state index in [0.29, 0.717) is 12.0 Å². The van der Waals surface area contributed by atoms with Gasteiger partial charge in [0.25, 0.3) is 0 Å². The van der Waals surface area contributed by atoms with Gasteiger partial charge in [0.05, 0.1) is 0 Å². The lowest BCUT2D eigenvalue weighted by Gasteiger charge is -2.13. The fourth-order valence-electron chi connectivity index (χ4n) is 1.37. The summed E-state index contributed by atoms with van der Waals surface area (Å²) in [6.45, 7) is 4.83. The summed E-state index contributed by atoms with van der Waals surface area (Å²) in [6, 6.07) is 2.89. The first kappa shape index (κ1) is 17.7. The molecule has 0 bridgehead atoms. The van der Waals surface area contributed by atoms with E-state index >= 15 is 0 Å². The minimum Gasteiger partial charge on any atom is -0.421 e. The molecule has 0 saturated heterocycles. The topological polar surface area (TPSA) is 78.6 Å². The molecule has 120 valence electrons. The molecule has 8 heteroatoms. The van der Waals surface area contributed by atoms with Crippen molar-refractivity contribution in [3.05, 3.63) is 36.4 Å². The van der Waals surface area contributed by atoms with Crippen LogP contribution in [0.2, 0.25) is 0 Å². The highest BCUT2D eigenvalue weighted by molar-refractivity contribution is 5.81. The molecule has 0 heterocycles. The van der Waals surface area contributed by atoms with E-state index < -0.39 is 29.9 Å². The van der Waals surface area contributed by atoms with E-state index in [4.69, 9.17) is 10.5 Å². The summed E-state index contributed by atoms with van der Waals surface area (Å²) < 4.78 is 45.9. The lowest BCUT2D eigenvalue weighted by Crippen LogP contribution is -2.31. The molecule has 22 heavy (non-hydrogen) atoms. The molecule has 1 unspecified atom stereocenters. The molecule has 1 atom stereocenters. The Kier molecular flexibility index (Phi) is 5.69. The van der Waals surface area contributed by atoms with Crippen molar-refractivity contribution in [2.75, 3.05) is 0 Å². The molecule has 0 aromatic heterocycles. The quantitative estimate of drug-likeness (QED) is 0.511. The molecule has 0 aliphatic heterocycles. The smallest absolute Gasteiger partial charge is 0.421 e. The normalized spacial score (nSPS) is 12.4. The van der Waals surface area contributed by atoms with E-state index in [-0.39, 0.29) is 5.75 Å². The Hall–Kier alpha value is -2.35. The minimum absolute atomic E-state index is 0.326. The van der Waals surface area contributed by atoms with Gasteiger partial charge in [0.1, 0.15) is 6.04 Å². The van der Waals surface area contributed by atoms with Crippen molar-refractivity contribution in [3.63, 3.8) is 0 Å². The average molecular weight is 317 g/mol. The van der Waals surface area contributed by atoms with E-state index in [1.165, 1.54) is 25.1 Å². The number of ether oxygens (including phenoxy) is 2. The third kappa shape index (κ3) is 4.88. The maximum absolute atomic E-state index is 12.3. The van der Waals surface area contributed by atoms with E-state index in [9.17, 15) is 22.8 Å². The molecule has 0 saturated carbocycles. The zero-order valence-corrected chi connectivity index (χ0v) is 11.6. The Balaban J connectivity index is 3.12. The van der Waals surface area contributed by atoms with Crippen LogP contribution in [-0.4, -0.2) is 24.2 Å². The van der Waals surface area contributed by atoms with Crippen molar-refractivity contribution in [1.82, 2.24) is 0 Å². The first-order chi connectivity index (χ1) is 10.1. The number of carbonyl (C=O) groups excluding carboxylic acids is 2. The summed E-state index contributed by atoms with van der Waals surface area (Å²) in [5, 5.41) is 0. The van der Waals surface area contributed by atoms with Gasteiger partial charge in [-0.1, -0.05) is 12.1 Å². The molecular formula is C14H14F3NO4. The standard InChI is InChI=1S/C14H14F3NO4/c1-3-4-9-5-6-10(21-12(19)8(2)18)11(7-9)22-13(20)14(15,16)17/h3,5-8H,1,4,18H2,2H3. The van der Waals surface area contributed by atoms with Gasteiger partial charge in [-0.3, -0.25) is 0 Å². The van der Waals surface area contributed by atoms with Crippen molar-refractivity contribution in [2.24, 2.45) is 5.73 Å². The van der Waals surface area contributed by atoms with Crippen LogP contribution in [-0.2, 0) is 16.0 Å². The van der Waals surface area contributed by atoms with Gasteiger partial charge in [0, 0.05) is 0 Å². The lowest BCUT2D eigenvalue weighted by atomic mass is 10.1. The number of carbonyl (C=O) groups is 2. The van der Waals surface area contributed by atoms with E-state index in [0.717, 1.165) is 6.07 Å². The van der Waals surface area contributed by atoms with Crippen molar-refractivity contribution >= 4 is 11.9 Å². The third-order valence-corrected chi connectivity index (χ3v) is 2.40. The van der Waals surface area contributed by atoms with Crippen LogP contribution >= 0.6 is 0 Å². The Bertz CT molecular complexity index is 582. The molecule has 0 spiro atoms. The molecule has 0 aliphatic rings. The van der Waals surface area contributed by atoms with Gasteiger partial charge in [0.2, 0.25) is 0 Å². The number of alkyl halides is 3. The number of halogens is 3. The largest absolute Gasteiger partial charge is 0.491 e. The van der Waals surface area contributed by atoms with Crippen molar-refractivity contribution < 1.29 is 32.2 Å². The number of esters is 2. The maximum atomic E-state index is 12.3. The number of nitrogens with two attached hydrogens (primary N) is 1. The summed E-state index contributed by atoms with van der Waals surface area (Å²) in [7, 11) is 0. The van der Waals surface area contributed by atoms with E-state index in [1.807, 2.05) is 0 Å². The molecule has 5 nitrogen and oxygen atoms in total. The van der Waals surface area contributed by atoms with Gasteiger partial charge in [-0.05, 0) is 31.0 Å². The second-order valence-electron chi connectivity index (χ2n) is 4.37. The van der Waals surface area contributed by atoms with E-state index in [1.54, 1.807) is 0 Å². The average Bonchev–Trinajstić information content (AvgIpc) is 2.40. The van der Waals surface area contributed by atoms with Crippen LogP contribution in [0.3, 0.4) is 0 Å². The fourth-order valence-corrected chi connectivity index (χ4v) is 1.37. The number of allylic oxidation sites excluding steroid dienone is 1. The molecular weight excluding hydrogens is 303 g/mol. The Labute approximate surface area is 124 Å². The Morgan fingerprint density at radius 1 is 1.32 bits per heavy atom. The third-order valence-electron chi connectivity index (χ3n) is 2.40. The van der Waals surface area contributed by atoms with Crippen molar-refractivity contribution in [3.8, 4) is 11.5 Å². The zero-order valence-electron chi connectivity index (χ0n) is 11.6. The van der Waals surface area contributed by atoms with Gasteiger partial charge in [-0.2, -0.15) is 13.2 Å². The molecule has 0 radical (unpaired) electrons. The van der Waals surface area contributed by atoms with Gasteiger partial charge < -0.3 is 15.2 Å². The second-order valence-corrected chi connectivity index (χ2v) is 4.37. The molecule has 1 aromatic rings. The Morgan fingerprint density at radius 2 is 1.95 bits per heavy atom. The van der Waals surface area contributed by atoms with Crippen LogP contribution in [0.4, 0.5) is 13.2 Å². The predicted octanol–water partition coefficient (Wildman–Crippen LogP) is 2.14. The van der Waals surface area contributed by atoms with Gasteiger partial charge in [-0.25, -0.2) is 9.59 Å². The molecule has 1 aromatic carbocycles. The summed E-state index contributed by atoms with van der Waals surface area (Å²) >= 11 is 0. The SMILES string of the molecule is C=CCc1ccc(OC(=O)C(C)N)c(OC(=O)C(F)(F)F)c1. The van der Waals surface area contributed by atoms with E-state index in [2.05, 4.69) is 11.3 Å². The summed E-state index contributed by atoms with van der Waals surface area (Å²) in [4.78, 5) is 22.4. The highest BCUT2D eigenvalue weighted by Gasteiger charge is 2.42. The van der Waals surface area contributed by atoms with Crippen LogP contribution in [0.15, 0.2) is 30.9 Å². The first-order valence-corrected chi connectivity index (χ1v) is 6.15. The van der Waals surface area contributed by atoms with Crippen LogP contribution in [0.25, 0.3) is 0 Å². The van der Waals surface area contributed by atoms with Crippen LogP contribution < -0.4 is 15.2 Å². The molecule has 0 fully saturated rings. The van der Waals surface area contributed by atoms with Gasteiger partial charge >= 0.3 is 18.1 Å². The van der Waals surface area contributed by atoms with Crippen molar-refractivity contribution in [2.45, 2.75) is 25.6 Å². The lowest BCUT2D eigenvalue weighted by molar-refractivity contribution is -0.189. The summed E-state index contributed by atoms with van der Waals surface area (Å²) in [5.41, 5.74) is 5.83. The highest BCUT2D eigenvalue weighted by atomic mass is 19.4.